The SMILES string of the molecule is CCCNC(C(CC)OC)C1CC(C)(C)OC1(C)C. The minimum absolute atomic E-state index is 0.0354. The standard InChI is InChI=1S/C16H33NO2/c1-8-10-17-14(13(9-2)18-7)12-11-15(3,4)19-16(12,5)6/h12-14,17H,8-11H2,1-7H3. The van der Waals surface area contributed by atoms with Crippen LogP contribution in [0.1, 0.15) is 60.8 Å². The van der Waals surface area contributed by atoms with Crippen LogP contribution in [-0.4, -0.2) is 37.0 Å². The van der Waals surface area contributed by atoms with E-state index in [1.807, 2.05) is 7.11 Å². The monoisotopic (exact) mass is 271 g/mol. The Kier molecular flexibility index (Phi) is 5.84. The number of methoxy groups -OCH3 is 1. The molecule has 0 saturated carbocycles. The van der Waals surface area contributed by atoms with E-state index in [2.05, 4.69) is 46.9 Å². The molecule has 1 aliphatic heterocycles. The molecule has 0 spiro atoms. The number of ether oxygens (including phenoxy) is 2. The highest BCUT2D eigenvalue weighted by Gasteiger charge is 2.50. The largest absolute Gasteiger partial charge is 0.380 e. The van der Waals surface area contributed by atoms with Gasteiger partial charge >= 0.3 is 0 Å². The summed E-state index contributed by atoms with van der Waals surface area (Å²) < 4.78 is 12.0. The van der Waals surface area contributed by atoms with Crippen molar-refractivity contribution >= 4 is 0 Å². The summed E-state index contributed by atoms with van der Waals surface area (Å²) >= 11 is 0. The molecule has 3 unspecified atom stereocenters. The Hall–Kier alpha value is -0.120. The highest BCUT2D eigenvalue weighted by molar-refractivity contribution is 5.01. The molecule has 1 heterocycles. The average molecular weight is 271 g/mol. The van der Waals surface area contributed by atoms with E-state index in [-0.39, 0.29) is 17.3 Å². The van der Waals surface area contributed by atoms with Crippen LogP contribution < -0.4 is 5.32 Å². The van der Waals surface area contributed by atoms with Gasteiger partial charge in [-0.15, -0.1) is 0 Å². The van der Waals surface area contributed by atoms with Crippen molar-refractivity contribution in [1.82, 2.24) is 5.32 Å². The molecule has 1 N–H and O–H groups in total. The summed E-state index contributed by atoms with van der Waals surface area (Å²) in [7, 11) is 1.82. The van der Waals surface area contributed by atoms with Gasteiger partial charge in [0, 0.05) is 19.1 Å². The highest BCUT2D eigenvalue weighted by atomic mass is 16.5. The number of rotatable bonds is 7. The molecule has 0 bridgehead atoms. The zero-order valence-corrected chi connectivity index (χ0v) is 13.9. The van der Waals surface area contributed by atoms with Crippen molar-refractivity contribution in [2.24, 2.45) is 5.92 Å². The second-order valence-electron chi connectivity index (χ2n) is 6.94. The average Bonchev–Trinajstić information content (AvgIpc) is 2.52. The lowest BCUT2D eigenvalue weighted by Gasteiger charge is -2.37. The van der Waals surface area contributed by atoms with Crippen LogP contribution in [-0.2, 0) is 9.47 Å². The molecule has 0 aromatic carbocycles. The Bertz CT molecular complexity index is 272. The summed E-state index contributed by atoms with van der Waals surface area (Å²) in [6.07, 6.45) is 3.52. The van der Waals surface area contributed by atoms with Gasteiger partial charge in [-0.25, -0.2) is 0 Å². The summed E-state index contributed by atoms with van der Waals surface area (Å²) in [6, 6.07) is 0.367. The van der Waals surface area contributed by atoms with E-state index in [1.165, 1.54) is 0 Å². The maximum absolute atomic E-state index is 6.25. The van der Waals surface area contributed by atoms with Crippen LogP contribution in [0.15, 0.2) is 0 Å². The van der Waals surface area contributed by atoms with Crippen molar-refractivity contribution in [2.45, 2.75) is 84.2 Å². The molecule has 3 nitrogen and oxygen atoms in total. The molecule has 1 aliphatic rings. The molecule has 1 fully saturated rings. The van der Waals surface area contributed by atoms with Crippen molar-refractivity contribution in [3.8, 4) is 0 Å². The third-order valence-electron chi connectivity index (χ3n) is 4.31. The molecule has 19 heavy (non-hydrogen) atoms. The summed E-state index contributed by atoms with van der Waals surface area (Å²) in [6.45, 7) is 14.3. The van der Waals surface area contributed by atoms with Crippen molar-refractivity contribution in [3.63, 3.8) is 0 Å². The predicted molar refractivity (Wildman–Crippen MR) is 80.5 cm³/mol. The topological polar surface area (TPSA) is 30.5 Å². The maximum Gasteiger partial charge on any atom is 0.0725 e. The molecule has 0 aromatic heterocycles. The molecule has 0 aromatic rings. The molecule has 0 aliphatic carbocycles. The van der Waals surface area contributed by atoms with Crippen LogP contribution in [0.3, 0.4) is 0 Å². The maximum atomic E-state index is 6.25. The zero-order valence-electron chi connectivity index (χ0n) is 13.9. The van der Waals surface area contributed by atoms with Gasteiger partial charge in [-0.05, 0) is 53.5 Å². The third kappa shape index (κ3) is 4.17. The van der Waals surface area contributed by atoms with Crippen LogP contribution >= 0.6 is 0 Å². The van der Waals surface area contributed by atoms with Gasteiger partial charge in [0.1, 0.15) is 0 Å². The Morgan fingerprint density at radius 1 is 1.26 bits per heavy atom. The van der Waals surface area contributed by atoms with E-state index >= 15 is 0 Å². The van der Waals surface area contributed by atoms with E-state index in [1.54, 1.807) is 0 Å². The number of hydrogen-bond acceptors (Lipinski definition) is 3. The fourth-order valence-electron chi connectivity index (χ4n) is 3.58. The van der Waals surface area contributed by atoms with Gasteiger partial charge in [0.2, 0.25) is 0 Å². The molecular weight excluding hydrogens is 238 g/mol. The predicted octanol–water partition coefficient (Wildman–Crippen LogP) is 3.37. The minimum Gasteiger partial charge on any atom is -0.380 e. The quantitative estimate of drug-likeness (QED) is 0.770. The first-order valence-corrected chi connectivity index (χ1v) is 7.73. The number of nitrogens with one attached hydrogen (secondary N) is 1. The second kappa shape index (κ2) is 6.55. The molecule has 3 atom stereocenters. The first kappa shape index (κ1) is 16.9. The summed E-state index contributed by atoms with van der Waals surface area (Å²) in [5.41, 5.74) is -0.132. The fraction of sp³-hybridized carbons (Fsp3) is 1.00. The van der Waals surface area contributed by atoms with Gasteiger partial charge in [0.25, 0.3) is 0 Å². The van der Waals surface area contributed by atoms with E-state index in [0.717, 1.165) is 25.8 Å². The van der Waals surface area contributed by atoms with Crippen molar-refractivity contribution in [1.29, 1.82) is 0 Å². The van der Waals surface area contributed by atoms with Crippen molar-refractivity contribution in [2.75, 3.05) is 13.7 Å². The highest BCUT2D eigenvalue weighted by Crippen LogP contribution is 2.44. The van der Waals surface area contributed by atoms with E-state index in [9.17, 15) is 0 Å². The Balaban J connectivity index is 2.90. The second-order valence-corrected chi connectivity index (χ2v) is 6.94. The molecule has 0 radical (unpaired) electrons. The van der Waals surface area contributed by atoms with Crippen LogP contribution in [0.2, 0.25) is 0 Å². The molecule has 3 heteroatoms. The third-order valence-corrected chi connectivity index (χ3v) is 4.31. The van der Waals surface area contributed by atoms with E-state index in [4.69, 9.17) is 9.47 Å². The van der Waals surface area contributed by atoms with Crippen LogP contribution in [0, 0.1) is 5.92 Å². The summed E-state index contributed by atoms with van der Waals surface area (Å²) in [4.78, 5) is 0. The molecule has 0 amide bonds. The van der Waals surface area contributed by atoms with Gasteiger partial charge in [-0.1, -0.05) is 13.8 Å². The van der Waals surface area contributed by atoms with Crippen LogP contribution in [0.25, 0.3) is 0 Å². The minimum atomic E-state index is -0.0964. The molecule has 114 valence electrons. The first-order chi connectivity index (χ1) is 8.77. The first-order valence-electron chi connectivity index (χ1n) is 7.73. The van der Waals surface area contributed by atoms with Gasteiger partial charge in [0.05, 0.1) is 17.3 Å². The number of hydrogen-bond donors (Lipinski definition) is 1. The Morgan fingerprint density at radius 3 is 2.26 bits per heavy atom. The van der Waals surface area contributed by atoms with Crippen molar-refractivity contribution < 1.29 is 9.47 Å². The summed E-state index contributed by atoms with van der Waals surface area (Å²) in [5, 5.41) is 3.70. The fourth-order valence-corrected chi connectivity index (χ4v) is 3.58. The Labute approximate surface area is 119 Å². The smallest absolute Gasteiger partial charge is 0.0725 e. The summed E-state index contributed by atoms with van der Waals surface area (Å²) in [5.74, 6) is 0.485. The van der Waals surface area contributed by atoms with Crippen molar-refractivity contribution in [3.05, 3.63) is 0 Å². The molecular formula is C16H33NO2. The Morgan fingerprint density at radius 2 is 1.89 bits per heavy atom. The van der Waals surface area contributed by atoms with Gasteiger partial charge in [-0.2, -0.15) is 0 Å². The lowest BCUT2D eigenvalue weighted by atomic mass is 9.79. The van der Waals surface area contributed by atoms with Crippen LogP contribution in [0.4, 0.5) is 0 Å². The van der Waals surface area contributed by atoms with E-state index < -0.39 is 0 Å². The normalized spacial score (nSPS) is 28.3. The van der Waals surface area contributed by atoms with Gasteiger partial charge in [-0.3, -0.25) is 0 Å². The molecule has 1 saturated heterocycles. The van der Waals surface area contributed by atoms with Gasteiger partial charge in [0.15, 0.2) is 0 Å². The van der Waals surface area contributed by atoms with Crippen LogP contribution in [0.5, 0.6) is 0 Å². The van der Waals surface area contributed by atoms with E-state index in [0.29, 0.717) is 12.0 Å². The van der Waals surface area contributed by atoms with Gasteiger partial charge < -0.3 is 14.8 Å². The zero-order chi connectivity index (χ0) is 14.7. The lowest BCUT2D eigenvalue weighted by molar-refractivity contribution is -0.0843. The molecule has 1 rings (SSSR count). The lowest BCUT2D eigenvalue weighted by Crippen LogP contribution is -2.51.